The van der Waals surface area contributed by atoms with Crippen LogP contribution < -0.4 is 5.32 Å². The minimum Gasteiger partial charge on any atom is -0.316 e. The van der Waals surface area contributed by atoms with Gasteiger partial charge >= 0.3 is 0 Å². The van der Waals surface area contributed by atoms with Crippen molar-refractivity contribution in [3.8, 4) is 0 Å². The van der Waals surface area contributed by atoms with Gasteiger partial charge in [-0.2, -0.15) is 23.5 Å². The Balaban J connectivity index is 2.07. The smallest absolute Gasteiger partial charge is 0.0322 e. The van der Waals surface area contributed by atoms with Crippen LogP contribution in [0.1, 0.15) is 52.4 Å². The van der Waals surface area contributed by atoms with Gasteiger partial charge in [-0.1, -0.05) is 39.5 Å². The number of nitrogens with one attached hydrogen (secondary N) is 1. The zero-order chi connectivity index (χ0) is 13.7. The first-order valence-electron chi connectivity index (χ1n) is 8.22. The fraction of sp³-hybridized carbons (Fsp3) is 1.00. The predicted molar refractivity (Wildman–Crippen MR) is 91.4 cm³/mol. The van der Waals surface area contributed by atoms with Gasteiger partial charge in [-0.15, -0.1) is 0 Å². The molecule has 1 saturated carbocycles. The van der Waals surface area contributed by atoms with Crippen LogP contribution in [0.15, 0.2) is 0 Å². The van der Waals surface area contributed by atoms with Crippen LogP contribution in [0.5, 0.6) is 0 Å². The summed E-state index contributed by atoms with van der Waals surface area (Å²) in [5, 5.41) is 5.45. The minimum atomic E-state index is 0.744. The lowest BCUT2D eigenvalue weighted by atomic mass is 9.73. The highest BCUT2D eigenvalue weighted by Crippen LogP contribution is 2.42. The van der Waals surface area contributed by atoms with Gasteiger partial charge in [0.05, 0.1) is 0 Å². The maximum Gasteiger partial charge on any atom is 0.0322 e. The summed E-state index contributed by atoms with van der Waals surface area (Å²) in [6.07, 6.45) is 8.58. The summed E-state index contributed by atoms with van der Waals surface area (Å²) in [7, 11) is 2.21. The number of hydrogen-bond acceptors (Lipinski definition) is 3. The molecule has 0 aromatic rings. The van der Waals surface area contributed by atoms with Gasteiger partial charge in [0, 0.05) is 28.0 Å². The zero-order valence-electron chi connectivity index (χ0n) is 12.9. The highest BCUT2D eigenvalue weighted by Gasteiger charge is 2.39. The lowest BCUT2D eigenvalue weighted by Gasteiger charge is -2.44. The maximum absolute atomic E-state index is 3.74. The van der Waals surface area contributed by atoms with Crippen molar-refractivity contribution in [3.63, 3.8) is 0 Å². The second kappa shape index (κ2) is 8.19. The van der Waals surface area contributed by atoms with Crippen LogP contribution in [0, 0.1) is 11.8 Å². The normalized spacial score (nSPS) is 38.1. The van der Waals surface area contributed by atoms with Gasteiger partial charge in [0.25, 0.3) is 0 Å². The molecular weight excluding hydrogens is 270 g/mol. The number of thioether (sulfide) groups is 2. The Morgan fingerprint density at radius 1 is 1.05 bits per heavy atom. The molecule has 2 aliphatic rings. The average molecular weight is 302 g/mol. The molecule has 0 radical (unpaired) electrons. The summed E-state index contributed by atoms with van der Waals surface area (Å²) in [5.74, 6) is 4.61. The Morgan fingerprint density at radius 3 is 2.47 bits per heavy atom. The van der Waals surface area contributed by atoms with E-state index >= 15 is 0 Å². The molecule has 0 aromatic carbocycles. The summed E-state index contributed by atoms with van der Waals surface area (Å²) in [6, 6.07) is 0.744. The third-order valence-corrected chi connectivity index (χ3v) is 8.51. The van der Waals surface area contributed by atoms with E-state index in [1.54, 1.807) is 0 Å². The average Bonchev–Trinajstić information content (AvgIpc) is 2.49. The van der Waals surface area contributed by atoms with Crippen LogP contribution in [-0.4, -0.2) is 35.1 Å². The zero-order valence-corrected chi connectivity index (χ0v) is 14.5. The Bertz CT molecular complexity index is 235. The maximum atomic E-state index is 3.74. The molecule has 2 rings (SSSR count). The highest BCUT2D eigenvalue weighted by atomic mass is 32.2. The number of hydrogen-bond donors (Lipinski definition) is 1. The van der Waals surface area contributed by atoms with E-state index in [1.807, 2.05) is 0 Å². The second-order valence-corrected chi connectivity index (χ2v) is 8.72. The summed E-state index contributed by atoms with van der Waals surface area (Å²) in [6.45, 7) is 4.78. The van der Waals surface area contributed by atoms with Crippen molar-refractivity contribution in [2.45, 2.75) is 68.9 Å². The molecule has 0 bridgehead atoms. The standard InChI is InChI=1S/C16H31NS2/c1-4-12-8-6-7-9-13(12)15(17-3)16-14(5-2)18-10-11-19-16/h12-17H,4-11H2,1-3H3. The molecule has 1 aliphatic carbocycles. The molecule has 3 heteroatoms. The van der Waals surface area contributed by atoms with Gasteiger partial charge in [0.1, 0.15) is 0 Å². The largest absolute Gasteiger partial charge is 0.316 e. The first-order valence-corrected chi connectivity index (χ1v) is 10.3. The minimum absolute atomic E-state index is 0.744. The summed E-state index contributed by atoms with van der Waals surface area (Å²) in [4.78, 5) is 0. The van der Waals surface area contributed by atoms with E-state index in [0.717, 1.165) is 28.4 Å². The highest BCUT2D eigenvalue weighted by molar-refractivity contribution is 8.07. The molecule has 1 N–H and O–H groups in total. The molecule has 0 amide bonds. The molecule has 0 aromatic heterocycles. The Morgan fingerprint density at radius 2 is 1.79 bits per heavy atom. The third kappa shape index (κ3) is 3.85. The molecule has 112 valence electrons. The Labute approximate surface area is 128 Å². The lowest BCUT2D eigenvalue weighted by molar-refractivity contribution is 0.176. The fourth-order valence-corrected chi connectivity index (χ4v) is 7.47. The van der Waals surface area contributed by atoms with Crippen LogP contribution in [0.4, 0.5) is 0 Å². The topological polar surface area (TPSA) is 12.0 Å². The van der Waals surface area contributed by atoms with Crippen LogP contribution in [0.25, 0.3) is 0 Å². The van der Waals surface area contributed by atoms with E-state index in [2.05, 4.69) is 49.7 Å². The van der Waals surface area contributed by atoms with E-state index in [1.165, 1.54) is 50.0 Å². The van der Waals surface area contributed by atoms with Crippen LogP contribution in [0.3, 0.4) is 0 Å². The van der Waals surface area contributed by atoms with Crippen LogP contribution >= 0.6 is 23.5 Å². The van der Waals surface area contributed by atoms with Gasteiger partial charge in [-0.25, -0.2) is 0 Å². The molecular formula is C16H31NS2. The molecule has 1 nitrogen and oxygen atoms in total. The van der Waals surface area contributed by atoms with Gasteiger partial charge in [0.15, 0.2) is 0 Å². The van der Waals surface area contributed by atoms with E-state index in [-0.39, 0.29) is 0 Å². The monoisotopic (exact) mass is 301 g/mol. The molecule has 2 fully saturated rings. The SMILES string of the molecule is CCC1CCCCC1C(NC)C1SCCSC1CC. The van der Waals surface area contributed by atoms with Crippen LogP contribution in [0.2, 0.25) is 0 Å². The molecule has 5 unspecified atom stereocenters. The van der Waals surface area contributed by atoms with Gasteiger partial charge in [0.2, 0.25) is 0 Å². The van der Waals surface area contributed by atoms with E-state index in [4.69, 9.17) is 0 Å². The summed E-state index contributed by atoms with van der Waals surface area (Å²) >= 11 is 4.48. The van der Waals surface area contributed by atoms with Gasteiger partial charge in [-0.05, 0) is 31.7 Å². The summed E-state index contributed by atoms with van der Waals surface area (Å²) in [5.41, 5.74) is 0. The van der Waals surface area contributed by atoms with E-state index in [0.29, 0.717) is 0 Å². The molecule has 5 atom stereocenters. The van der Waals surface area contributed by atoms with Crippen LogP contribution in [-0.2, 0) is 0 Å². The second-order valence-electron chi connectivity index (χ2n) is 6.08. The molecule has 0 spiro atoms. The Hall–Kier alpha value is 0.660. The van der Waals surface area contributed by atoms with Crippen molar-refractivity contribution in [3.05, 3.63) is 0 Å². The van der Waals surface area contributed by atoms with Crippen molar-refractivity contribution in [2.75, 3.05) is 18.6 Å². The first kappa shape index (κ1) is 16.0. The van der Waals surface area contributed by atoms with Gasteiger partial charge < -0.3 is 5.32 Å². The predicted octanol–water partition coefficient (Wildman–Crippen LogP) is 4.42. The van der Waals surface area contributed by atoms with E-state index < -0.39 is 0 Å². The number of rotatable bonds is 5. The van der Waals surface area contributed by atoms with Crippen molar-refractivity contribution in [2.24, 2.45) is 11.8 Å². The van der Waals surface area contributed by atoms with Crippen molar-refractivity contribution >= 4 is 23.5 Å². The van der Waals surface area contributed by atoms with Crippen molar-refractivity contribution < 1.29 is 0 Å². The first-order chi connectivity index (χ1) is 9.31. The quantitative estimate of drug-likeness (QED) is 0.807. The fourth-order valence-electron chi connectivity index (χ4n) is 4.11. The molecule has 19 heavy (non-hydrogen) atoms. The Kier molecular flexibility index (Phi) is 6.91. The van der Waals surface area contributed by atoms with E-state index in [9.17, 15) is 0 Å². The molecule has 1 saturated heterocycles. The third-order valence-electron chi connectivity index (χ3n) is 5.14. The van der Waals surface area contributed by atoms with Crippen molar-refractivity contribution in [1.29, 1.82) is 0 Å². The van der Waals surface area contributed by atoms with Crippen molar-refractivity contribution in [1.82, 2.24) is 5.32 Å². The summed E-state index contributed by atoms with van der Waals surface area (Å²) < 4.78 is 0. The molecule has 1 heterocycles. The van der Waals surface area contributed by atoms with Gasteiger partial charge in [-0.3, -0.25) is 0 Å². The molecule has 1 aliphatic heterocycles. The lowest BCUT2D eigenvalue weighted by Crippen LogP contribution is -2.50.